The van der Waals surface area contributed by atoms with Crippen LogP contribution in [0.3, 0.4) is 0 Å². The average Bonchev–Trinajstić information content (AvgIpc) is 2.44. The summed E-state index contributed by atoms with van der Waals surface area (Å²) in [5.41, 5.74) is 1.40. The first kappa shape index (κ1) is 13.4. The molecule has 100 valence electrons. The molecule has 0 amide bonds. The van der Waals surface area contributed by atoms with E-state index in [9.17, 15) is 0 Å². The van der Waals surface area contributed by atoms with Crippen LogP contribution >= 0.6 is 0 Å². The standard InChI is InChI=1S/C16H25NO/c1-4-12(2)15(17-3)11-13-9-10-18-16-8-6-5-7-14(13)16/h5-8,12-13,15,17H,4,9-11H2,1-3H3. The lowest BCUT2D eigenvalue weighted by atomic mass is 9.83. The second-order valence-electron chi connectivity index (χ2n) is 5.39. The van der Waals surface area contributed by atoms with Crippen molar-refractivity contribution in [1.29, 1.82) is 0 Å². The topological polar surface area (TPSA) is 21.3 Å². The number of rotatable bonds is 5. The number of hydrogen-bond acceptors (Lipinski definition) is 2. The summed E-state index contributed by atoms with van der Waals surface area (Å²) >= 11 is 0. The second kappa shape index (κ2) is 6.24. The molecule has 0 saturated carbocycles. The van der Waals surface area contributed by atoms with Gasteiger partial charge in [-0.2, -0.15) is 0 Å². The third-order valence-electron chi connectivity index (χ3n) is 4.32. The Bertz CT molecular complexity index is 377. The normalized spacial score (nSPS) is 21.8. The molecule has 0 radical (unpaired) electrons. The largest absolute Gasteiger partial charge is 0.493 e. The van der Waals surface area contributed by atoms with Crippen LogP contribution in [-0.2, 0) is 0 Å². The maximum Gasteiger partial charge on any atom is 0.122 e. The molecular formula is C16H25NO. The van der Waals surface area contributed by atoms with Crippen LogP contribution in [0.4, 0.5) is 0 Å². The molecule has 1 N–H and O–H groups in total. The van der Waals surface area contributed by atoms with Crippen LogP contribution in [0, 0.1) is 5.92 Å². The smallest absolute Gasteiger partial charge is 0.122 e. The molecule has 0 saturated heterocycles. The Hall–Kier alpha value is -1.02. The molecule has 0 aromatic heterocycles. The Balaban J connectivity index is 2.10. The van der Waals surface area contributed by atoms with Crippen LogP contribution < -0.4 is 10.1 Å². The van der Waals surface area contributed by atoms with Crippen molar-refractivity contribution >= 4 is 0 Å². The number of nitrogens with one attached hydrogen (secondary N) is 1. The van der Waals surface area contributed by atoms with Gasteiger partial charge in [0.2, 0.25) is 0 Å². The highest BCUT2D eigenvalue weighted by Crippen LogP contribution is 2.37. The second-order valence-corrected chi connectivity index (χ2v) is 5.39. The molecule has 3 atom stereocenters. The van der Waals surface area contributed by atoms with Gasteiger partial charge in [-0.1, -0.05) is 38.5 Å². The molecular weight excluding hydrogens is 222 g/mol. The van der Waals surface area contributed by atoms with Crippen molar-refractivity contribution in [3.8, 4) is 5.75 Å². The third kappa shape index (κ3) is 2.86. The summed E-state index contributed by atoms with van der Waals surface area (Å²) in [5.74, 6) is 2.46. The molecule has 2 rings (SSSR count). The quantitative estimate of drug-likeness (QED) is 0.858. The molecule has 1 heterocycles. The predicted octanol–water partition coefficient (Wildman–Crippen LogP) is 3.58. The SMILES string of the molecule is CCC(C)C(CC1CCOc2ccccc21)NC. The lowest BCUT2D eigenvalue weighted by molar-refractivity contribution is 0.245. The first-order valence-electron chi connectivity index (χ1n) is 7.15. The molecule has 1 aromatic carbocycles. The van der Waals surface area contributed by atoms with Crippen LogP contribution in [0.5, 0.6) is 5.75 Å². The Kier molecular flexibility index (Phi) is 4.65. The molecule has 2 nitrogen and oxygen atoms in total. The summed E-state index contributed by atoms with van der Waals surface area (Å²) in [5, 5.41) is 3.49. The zero-order chi connectivity index (χ0) is 13.0. The number of hydrogen-bond donors (Lipinski definition) is 1. The Labute approximate surface area is 111 Å². The summed E-state index contributed by atoms with van der Waals surface area (Å²) in [7, 11) is 2.09. The molecule has 18 heavy (non-hydrogen) atoms. The fourth-order valence-electron chi connectivity index (χ4n) is 2.89. The Morgan fingerprint density at radius 1 is 1.39 bits per heavy atom. The maximum absolute atomic E-state index is 5.74. The average molecular weight is 247 g/mol. The molecule has 1 aliphatic heterocycles. The highest BCUT2D eigenvalue weighted by atomic mass is 16.5. The molecule has 0 bridgehead atoms. The minimum Gasteiger partial charge on any atom is -0.493 e. The first-order valence-corrected chi connectivity index (χ1v) is 7.15. The molecule has 0 spiro atoms. The maximum atomic E-state index is 5.74. The van der Waals surface area contributed by atoms with Crippen LogP contribution in [0.2, 0.25) is 0 Å². The van der Waals surface area contributed by atoms with Crippen molar-refractivity contribution in [2.24, 2.45) is 5.92 Å². The number of ether oxygens (including phenoxy) is 1. The number of fused-ring (bicyclic) bond motifs is 1. The minimum absolute atomic E-state index is 0.603. The van der Waals surface area contributed by atoms with Gasteiger partial charge < -0.3 is 10.1 Å². The Morgan fingerprint density at radius 3 is 2.89 bits per heavy atom. The van der Waals surface area contributed by atoms with Crippen molar-refractivity contribution in [3.05, 3.63) is 29.8 Å². The van der Waals surface area contributed by atoms with Crippen LogP contribution in [-0.4, -0.2) is 19.7 Å². The molecule has 0 aliphatic carbocycles. The minimum atomic E-state index is 0.603. The van der Waals surface area contributed by atoms with E-state index >= 15 is 0 Å². The third-order valence-corrected chi connectivity index (χ3v) is 4.32. The van der Waals surface area contributed by atoms with Crippen molar-refractivity contribution in [1.82, 2.24) is 5.32 Å². The van der Waals surface area contributed by atoms with Gasteiger partial charge in [-0.3, -0.25) is 0 Å². The van der Waals surface area contributed by atoms with Gasteiger partial charge in [0, 0.05) is 6.04 Å². The molecule has 1 aromatic rings. The monoisotopic (exact) mass is 247 g/mol. The molecule has 2 heteroatoms. The molecule has 1 aliphatic rings. The van der Waals surface area contributed by atoms with Crippen molar-refractivity contribution in [2.75, 3.05) is 13.7 Å². The summed E-state index contributed by atoms with van der Waals surface area (Å²) < 4.78 is 5.74. The highest BCUT2D eigenvalue weighted by molar-refractivity contribution is 5.37. The van der Waals surface area contributed by atoms with Gasteiger partial charge in [-0.05, 0) is 43.4 Å². The van der Waals surface area contributed by atoms with Crippen LogP contribution in [0.25, 0.3) is 0 Å². The van der Waals surface area contributed by atoms with E-state index in [-0.39, 0.29) is 0 Å². The zero-order valence-electron chi connectivity index (χ0n) is 11.8. The summed E-state index contributed by atoms with van der Waals surface area (Å²) in [6.07, 6.45) is 3.59. The van der Waals surface area contributed by atoms with E-state index in [1.165, 1.54) is 18.4 Å². The van der Waals surface area contributed by atoms with E-state index in [1.807, 2.05) is 0 Å². The van der Waals surface area contributed by atoms with E-state index in [0.29, 0.717) is 12.0 Å². The summed E-state index contributed by atoms with van der Waals surface area (Å²) in [6.45, 7) is 5.47. The predicted molar refractivity (Wildman–Crippen MR) is 76.2 cm³/mol. The summed E-state index contributed by atoms with van der Waals surface area (Å²) in [4.78, 5) is 0. The lowest BCUT2D eigenvalue weighted by Gasteiger charge is -2.31. The first-order chi connectivity index (χ1) is 8.76. The summed E-state index contributed by atoms with van der Waals surface area (Å²) in [6, 6.07) is 9.11. The van der Waals surface area contributed by atoms with Crippen molar-refractivity contribution in [3.63, 3.8) is 0 Å². The van der Waals surface area contributed by atoms with E-state index in [1.54, 1.807) is 0 Å². The van der Waals surface area contributed by atoms with E-state index in [4.69, 9.17) is 4.74 Å². The Morgan fingerprint density at radius 2 is 2.17 bits per heavy atom. The zero-order valence-corrected chi connectivity index (χ0v) is 11.8. The van der Waals surface area contributed by atoms with Gasteiger partial charge >= 0.3 is 0 Å². The highest BCUT2D eigenvalue weighted by Gasteiger charge is 2.25. The lowest BCUT2D eigenvalue weighted by Crippen LogP contribution is -2.34. The van der Waals surface area contributed by atoms with Gasteiger partial charge in [0.25, 0.3) is 0 Å². The van der Waals surface area contributed by atoms with E-state index in [2.05, 4.69) is 50.5 Å². The van der Waals surface area contributed by atoms with Gasteiger partial charge in [-0.25, -0.2) is 0 Å². The van der Waals surface area contributed by atoms with E-state index < -0.39 is 0 Å². The van der Waals surface area contributed by atoms with Gasteiger partial charge in [0.05, 0.1) is 6.61 Å². The van der Waals surface area contributed by atoms with Gasteiger partial charge in [0.1, 0.15) is 5.75 Å². The number of benzene rings is 1. The number of para-hydroxylation sites is 1. The fraction of sp³-hybridized carbons (Fsp3) is 0.625. The van der Waals surface area contributed by atoms with Crippen LogP contribution in [0.15, 0.2) is 24.3 Å². The van der Waals surface area contributed by atoms with Crippen molar-refractivity contribution in [2.45, 2.75) is 45.1 Å². The van der Waals surface area contributed by atoms with E-state index in [0.717, 1.165) is 24.7 Å². The van der Waals surface area contributed by atoms with Crippen LogP contribution in [0.1, 0.15) is 44.6 Å². The fourth-order valence-corrected chi connectivity index (χ4v) is 2.89. The van der Waals surface area contributed by atoms with Crippen molar-refractivity contribution < 1.29 is 4.74 Å². The van der Waals surface area contributed by atoms with Gasteiger partial charge in [-0.15, -0.1) is 0 Å². The molecule has 3 unspecified atom stereocenters. The van der Waals surface area contributed by atoms with Gasteiger partial charge in [0.15, 0.2) is 0 Å². The molecule has 0 fully saturated rings.